The molecule has 0 saturated carbocycles. The van der Waals surface area contributed by atoms with Gasteiger partial charge in [0.25, 0.3) is 0 Å². The van der Waals surface area contributed by atoms with Crippen LogP contribution in [0, 0.1) is 0 Å². The van der Waals surface area contributed by atoms with Gasteiger partial charge in [0.1, 0.15) is 0 Å². The molecule has 0 fully saturated rings. The second-order valence-corrected chi connectivity index (χ2v) is 4.88. The van der Waals surface area contributed by atoms with Gasteiger partial charge in [-0.05, 0) is 36.1 Å². The molecule has 1 aromatic rings. The first-order valence-corrected chi connectivity index (χ1v) is 5.87. The Bertz CT molecular complexity index is 547. The number of cyclic esters (lactones) is 2. The number of rotatable bonds is 0. The lowest BCUT2D eigenvalue weighted by Gasteiger charge is -2.33. The second kappa shape index (κ2) is 2.86. The first-order chi connectivity index (χ1) is 8.24. The highest BCUT2D eigenvalue weighted by Gasteiger charge is 2.36. The van der Waals surface area contributed by atoms with E-state index in [1.54, 1.807) is 0 Å². The predicted octanol–water partition coefficient (Wildman–Crippen LogP) is 2.53. The molecule has 2 bridgehead atoms. The number of hydrogen-bond donors (Lipinski definition) is 0. The highest BCUT2D eigenvalue weighted by molar-refractivity contribution is 6.15. The molecule has 0 spiro atoms. The van der Waals surface area contributed by atoms with Gasteiger partial charge in [-0.1, -0.05) is 12.2 Å². The molecule has 17 heavy (non-hydrogen) atoms. The summed E-state index contributed by atoms with van der Waals surface area (Å²) in [7, 11) is 0. The summed E-state index contributed by atoms with van der Waals surface area (Å²) in [5, 5.41) is 0. The highest BCUT2D eigenvalue weighted by atomic mass is 16.6. The summed E-state index contributed by atoms with van der Waals surface area (Å²) in [6.07, 6.45) is 6.70. The monoisotopic (exact) mass is 226 g/mol. The van der Waals surface area contributed by atoms with Crippen LogP contribution in [0.1, 0.15) is 56.5 Å². The summed E-state index contributed by atoms with van der Waals surface area (Å²) < 4.78 is 4.64. The van der Waals surface area contributed by atoms with Crippen molar-refractivity contribution in [1.82, 2.24) is 0 Å². The molecule has 1 aliphatic heterocycles. The van der Waals surface area contributed by atoms with Gasteiger partial charge in [-0.3, -0.25) is 0 Å². The number of allylic oxidation sites excluding steroid dienone is 2. The molecule has 0 N–H and O–H groups in total. The minimum atomic E-state index is -0.502. The Kier molecular flexibility index (Phi) is 1.54. The smallest absolute Gasteiger partial charge is 0.346 e. The van der Waals surface area contributed by atoms with Gasteiger partial charge >= 0.3 is 11.9 Å². The van der Waals surface area contributed by atoms with Crippen LogP contribution in [-0.4, -0.2) is 11.9 Å². The van der Waals surface area contributed by atoms with E-state index < -0.39 is 11.9 Å². The molecule has 1 heterocycles. The fourth-order valence-electron chi connectivity index (χ4n) is 3.15. The van der Waals surface area contributed by atoms with Gasteiger partial charge in [0.15, 0.2) is 0 Å². The van der Waals surface area contributed by atoms with Crippen LogP contribution in [0.4, 0.5) is 0 Å². The van der Waals surface area contributed by atoms with Gasteiger partial charge in [0.05, 0.1) is 11.1 Å². The average molecular weight is 226 g/mol. The summed E-state index contributed by atoms with van der Waals surface area (Å²) >= 11 is 0. The van der Waals surface area contributed by atoms with Crippen molar-refractivity contribution in [2.24, 2.45) is 0 Å². The van der Waals surface area contributed by atoms with E-state index in [0.29, 0.717) is 23.0 Å². The van der Waals surface area contributed by atoms with Crippen molar-refractivity contribution in [3.63, 3.8) is 0 Å². The summed E-state index contributed by atoms with van der Waals surface area (Å²) in [6, 6.07) is 3.72. The SMILES string of the molecule is O=C1OC(=O)c2cc3c(cc21)[C@@H]1C=C[C@H]3CC1. The van der Waals surface area contributed by atoms with Crippen molar-refractivity contribution in [1.29, 1.82) is 0 Å². The predicted molar refractivity (Wildman–Crippen MR) is 60.0 cm³/mol. The standard InChI is InChI=1S/C14H10O3/c15-13-11-5-9-7-1-2-8(4-3-7)10(9)6-12(11)14(16)17-13/h1-2,5-8H,3-4H2/t7-,8+. The zero-order chi connectivity index (χ0) is 11.6. The van der Waals surface area contributed by atoms with Crippen molar-refractivity contribution in [3.05, 3.63) is 46.5 Å². The highest BCUT2D eigenvalue weighted by Crippen LogP contribution is 2.46. The quantitative estimate of drug-likeness (QED) is 0.388. The van der Waals surface area contributed by atoms with E-state index in [1.165, 1.54) is 11.1 Å². The number of carbonyl (C=O) groups is 2. The number of benzene rings is 1. The Balaban J connectivity index is 2.00. The Morgan fingerprint density at radius 3 is 1.76 bits per heavy atom. The van der Waals surface area contributed by atoms with Gasteiger partial charge in [-0.2, -0.15) is 0 Å². The first kappa shape index (κ1) is 9.16. The molecule has 5 rings (SSSR count). The Hall–Kier alpha value is -1.90. The normalized spacial score (nSPS) is 28.0. The Morgan fingerprint density at radius 2 is 1.35 bits per heavy atom. The summed E-state index contributed by atoms with van der Waals surface area (Å²) in [5.74, 6) is -0.191. The molecule has 2 atom stereocenters. The van der Waals surface area contributed by atoms with E-state index in [2.05, 4.69) is 16.9 Å². The molecule has 0 aromatic heterocycles. The van der Waals surface area contributed by atoms with Gasteiger partial charge < -0.3 is 4.74 Å². The van der Waals surface area contributed by atoms with Crippen LogP contribution in [0.25, 0.3) is 0 Å². The third-order valence-corrected chi connectivity index (χ3v) is 4.01. The third-order valence-electron chi connectivity index (χ3n) is 4.01. The van der Waals surface area contributed by atoms with Gasteiger partial charge in [-0.15, -0.1) is 0 Å². The number of fused-ring (bicyclic) bond motifs is 2. The van der Waals surface area contributed by atoms with E-state index in [9.17, 15) is 9.59 Å². The fraction of sp³-hybridized carbons (Fsp3) is 0.286. The number of hydrogen-bond acceptors (Lipinski definition) is 3. The van der Waals surface area contributed by atoms with Crippen molar-refractivity contribution in [2.45, 2.75) is 24.7 Å². The average Bonchev–Trinajstić information content (AvgIpc) is 2.65. The van der Waals surface area contributed by atoms with Crippen molar-refractivity contribution in [3.8, 4) is 0 Å². The molecule has 0 radical (unpaired) electrons. The number of esters is 2. The Labute approximate surface area is 98.1 Å². The lowest BCUT2D eigenvalue weighted by Crippen LogP contribution is -2.18. The van der Waals surface area contributed by atoms with E-state index in [4.69, 9.17) is 0 Å². The number of ether oxygens (including phenoxy) is 1. The molecule has 84 valence electrons. The molecule has 3 heteroatoms. The molecule has 0 amide bonds. The van der Waals surface area contributed by atoms with Crippen LogP contribution in [0.2, 0.25) is 0 Å². The summed E-state index contributed by atoms with van der Waals surface area (Å²) in [5.41, 5.74) is 3.28. The molecule has 0 saturated heterocycles. The van der Waals surface area contributed by atoms with E-state index >= 15 is 0 Å². The molecule has 3 aliphatic carbocycles. The maximum atomic E-state index is 11.5. The van der Waals surface area contributed by atoms with E-state index in [0.717, 1.165) is 12.8 Å². The zero-order valence-corrected chi connectivity index (χ0v) is 9.10. The second-order valence-electron chi connectivity index (χ2n) is 4.88. The van der Waals surface area contributed by atoms with Gasteiger partial charge in [0.2, 0.25) is 0 Å². The van der Waals surface area contributed by atoms with Crippen LogP contribution in [0.3, 0.4) is 0 Å². The van der Waals surface area contributed by atoms with Crippen LogP contribution >= 0.6 is 0 Å². The molecule has 0 unspecified atom stereocenters. The van der Waals surface area contributed by atoms with Crippen LogP contribution in [0.5, 0.6) is 0 Å². The van der Waals surface area contributed by atoms with E-state index in [-0.39, 0.29) is 0 Å². The van der Waals surface area contributed by atoms with Gasteiger partial charge in [0, 0.05) is 11.8 Å². The molecular weight excluding hydrogens is 216 g/mol. The maximum absolute atomic E-state index is 11.5. The van der Waals surface area contributed by atoms with Crippen molar-refractivity contribution < 1.29 is 14.3 Å². The molecule has 3 nitrogen and oxygen atoms in total. The molecule has 4 aliphatic rings. The van der Waals surface area contributed by atoms with E-state index in [1.807, 2.05) is 12.1 Å². The lowest BCUT2D eigenvalue weighted by atomic mass is 9.71. The van der Waals surface area contributed by atoms with Crippen molar-refractivity contribution >= 4 is 11.9 Å². The Morgan fingerprint density at radius 1 is 0.882 bits per heavy atom. The zero-order valence-electron chi connectivity index (χ0n) is 9.10. The van der Waals surface area contributed by atoms with Crippen LogP contribution in [-0.2, 0) is 4.74 Å². The molecule has 1 aromatic carbocycles. The minimum absolute atomic E-state index is 0.406. The third kappa shape index (κ3) is 1.06. The minimum Gasteiger partial charge on any atom is -0.386 e. The summed E-state index contributed by atoms with van der Waals surface area (Å²) in [4.78, 5) is 23.0. The van der Waals surface area contributed by atoms with Crippen LogP contribution < -0.4 is 0 Å². The molecular formula is C14H10O3. The van der Waals surface area contributed by atoms with Gasteiger partial charge in [-0.25, -0.2) is 9.59 Å². The fourth-order valence-corrected chi connectivity index (χ4v) is 3.15. The van der Waals surface area contributed by atoms with Crippen LogP contribution in [0.15, 0.2) is 24.3 Å². The van der Waals surface area contributed by atoms with Crippen molar-refractivity contribution in [2.75, 3.05) is 0 Å². The lowest BCUT2D eigenvalue weighted by molar-refractivity contribution is 0.0444. The summed E-state index contributed by atoms with van der Waals surface area (Å²) in [6.45, 7) is 0. The maximum Gasteiger partial charge on any atom is 0.346 e. The largest absolute Gasteiger partial charge is 0.386 e. The topological polar surface area (TPSA) is 43.4 Å². The number of carbonyl (C=O) groups excluding carboxylic acids is 2. The first-order valence-electron chi connectivity index (χ1n) is 5.87.